The summed E-state index contributed by atoms with van der Waals surface area (Å²) in [5.74, 6) is 0.730. The normalized spacial score (nSPS) is 12.5. The Balaban J connectivity index is 2.86. The predicted molar refractivity (Wildman–Crippen MR) is 80.9 cm³/mol. The largest absolute Gasteiger partial charge is 0.399 e. The summed E-state index contributed by atoms with van der Waals surface area (Å²) in [6, 6.07) is 6.15. The summed E-state index contributed by atoms with van der Waals surface area (Å²) < 4.78 is 1.24. The van der Waals surface area contributed by atoms with Crippen LogP contribution in [0.1, 0.15) is 27.2 Å². The van der Waals surface area contributed by atoms with Gasteiger partial charge in [-0.2, -0.15) is 0 Å². The molecule has 1 aromatic carbocycles. The van der Waals surface area contributed by atoms with Gasteiger partial charge in [0.1, 0.15) is 0 Å². The van der Waals surface area contributed by atoms with E-state index in [1.54, 1.807) is 0 Å². The van der Waals surface area contributed by atoms with Crippen LogP contribution in [0.2, 0.25) is 0 Å². The van der Waals surface area contributed by atoms with E-state index in [-0.39, 0.29) is 0 Å². The number of nitrogens with two attached hydrogens (primary N) is 1. The SMILES string of the molecule is CCC(C)CN(CC)c1ccc(N)cc1I. The Morgan fingerprint density at radius 1 is 1.38 bits per heavy atom. The van der Waals surface area contributed by atoms with Gasteiger partial charge in [-0.25, -0.2) is 0 Å². The summed E-state index contributed by atoms with van der Waals surface area (Å²) in [5.41, 5.74) is 7.92. The Morgan fingerprint density at radius 3 is 2.56 bits per heavy atom. The van der Waals surface area contributed by atoms with E-state index in [1.807, 2.05) is 12.1 Å². The van der Waals surface area contributed by atoms with E-state index >= 15 is 0 Å². The summed E-state index contributed by atoms with van der Waals surface area (Å²) in [6.45, 7) is 8.91. The molecule has 16 heavy (non-hydrogen) atoms. The lowest BCUT2D eigenvalue weighted by Gasteiger charge is -2.27. The fourth-order valence-electron chi connectivity index (χ4n) is 1.68. The van der Waals surface area contributed by atoms with Crippen LogP contribution >= 0.6 is 22.6 Å². The average molecular weight is 332 g/mol. The number of halogens is 1. The van der Waals surface area contributed by atoms with Gasteiger partial charge in [-0.1, -0.05) is 20.3 Å². The molecule has 0 aliphatic heterocycles. The summed E-state index contributed by atoms with van der Waals surface area (Å²) in [6.07, 6.45) is 1.22. The van der Waals surface area contributed by atoms with E-state index in [9.17, 15) is 0 Å². The molecule has 0 aliphatic carbocycles. The van der Waals surface area contributed by atoms with Crippen molar-refractivity contribution in [2.24, 2.45) is 5.92 Å². The van der Waals surface area contributed by atoms with Crippen LogP contribution in [0, 0.1) is 9.49 Å². The van der Waals surface area contributed by atoms with Crippen molar-refractivity contribution in [2.45, 2.75) is 27.2 Å². The van der Waals surface area contributed by atoms with Crippen molar-refractivity contribution in [3.8, 4) is 0 Å². The van der Waals surface area contributed by atoms with Crippen LogP contribution in [0.3, 0.4) is 0 Å². The molecule has 1 atom stereocenters. The van der Waals surface area contributed by atoms with Gasteiger partial charge in [0.15, 0.2) is 0 Å². The molecule has 0 radical (unpaired) electrons. The summed E-state index contributed by atoms with van der Waals surface area (Å²) in [5, 5.41) is 0. The third kappa shape index (κ3) is 3.54. The zero-order valence-corrected chi connectivity index (χ0v) is 12.5. The molecule has 2 N–H and O–H groups in total. The Kier molecular flexibility index (Phi) is 5.38. The molecule has 0 spiro atoms. The highest BCUT2D eigenvalue weighted by molar-refractivity contribution is 14.1. The molecule has 0 amide bonds. The number of hydrogen-bond donors (Lipinski definition) is 1. The van der Waals surface area contributed by atoms with Crippen molar-refractivity contribution in [3.63, 3.8) is 0 Å². The minimum Gasteiger partial charge on any atom is -0.399 e. The third-order valence-corrected chi connectivity index (χ3v) is 3.79. The summed E-state index contributed by atoms with van der Waals surface area (Å²) >= 11 is 2.36. The number of nitrogens with zero attached hydrogens (tertiary/aromatic N) is 1. The molecule has 1 aromatic rings. The second-order valence-corrected chi connectivity index (χ2v) is 5.43. The quantitative estimate of drug-likeness (QED) is 0.657. The maximum Gasteiger partial charge on any atom is 0.0503 e. The molecular formula is C13H21IN2. The second kappa shape index (κ2) is 6.33. The highest BCUT2D eigenvalue weighted by Crippen LogP contribution is 2.25. The van der Waals surface area contributed by atoms with Crippen LogP contribution in [0.25, 0.3) is 0 Å². The minimum absolute atomic E-state index is 0.730. The average Bonchev–Trinajstić information content (AvgIpc) is 2.26. The van der Waals surface area contributed by atoms with Crippen molar-refractivity contribution in [2.75, 3.05) is 23.7 Å². The second-order valence-electron chi connectivity index (χ2n) is 4.26. The first-order valence-corrected chi connectivity index (χ1v) is 6.96. The van der Waals surface area contributed by atoms with Gasteiger partial charge in [-0.3, -0.25) is 0 Å². The van der Waals surface area contributed by atoms with Crippen molar-refractivity contribution >= 4 is 34.0 Å². The molecule has 0 aliphatic rings. The van der Waals surface area contributed by atoms with E-state index in [0.717, 1.165) is 24.7 Å². The smallest absolute Gasteiger partial charge is 0.0503 e. The predicted octanol–water partition coefficient (Wildman–Crippen LogP) is 3.75. The lowest BCUT2D eigenvalue weighted by Crippen LogP contribution is -2.28. The number of rotatable bonds is 5. The molecule has 0 saturated heterocycles. The first-order valence-electron chi connectivity index (χ1n) is 5.88. The van der Waals surface area contributed by atoms with Gasteiger partial charge in [0.05, 0.1) is 5.69 Å². The maximum absolute atomic E-state index is 5.77. The topological polar surface area (TPSA) is 29.3 Å². The number of anilines is 2. The molecule has 3 heteroatoms. The fraction of sp³-hybridized carbons (Fsp3) is 0.538. The van der Waals surface area contributed by atoms with Gasteiger partial charge in [-0.05, 0) is 53.6 Å². The van der Waals surface area contributed by atoms with Crippen LogP contribution in [-0.2, 0) is 0 Å². The molecule has 90 valence electrons. The molecule has 2 nitrogen and oxygen atoms in total. The molecule has 0 aromatic heterocycles. The molecule has 0 bridgehead atoms. The molecule has 1 unspecified atom stereocenters. The summed E-state index contributed by atoms with van der Waals surface area (Å²) in [7, 11) is 0. The Labute approximate surface area is 112 Å². The summed E-state index contributed by atoms with van der Waals surface area (Å²) in [4.78, 5) is 2.43. The minimum atomic E-state index is 0.730. The molecule has 0 fully saturated rings. The van der Waals surface area contributed by atoms with Crippen molar-refractivity contribution in [1.29, 1.82) is 0 Å². The lowest BCUT2D eigenvalue weighted by atomic mass is 10.1. The molecule has 0 heterocycles. The third-order valence-electron chi connectivity index (χ3n) is 2.92. The fourth-order valence-corrected chi connectivity index (χ4v) is 2.56. The van der Waals surface area contributed by atoms with E-state index < -0.39 is 0 Å². The van der Waals surface area contributed by atoms with Crippen molar-refractivity contribution in [3.05, 3.63) is 21.8 Å². The van der Waals surface area contributed by atoms with Gasteiger partial charge in [0, 0.05) is 22.3 Å². The van der Waals surface area contributed by atoms with Crippen LogP contribution in [0.4, 0.5) is 11.4 Å². The Hall–Kier alpha value is -0.450. The number of nitrogen functional groups attached to an aromatic ring is 1. The first-order chi connectivity index (χ1) is 7.58. The monoisotopic (exact) mass is 332 g/mol. The lowest BCUT2D eigenvalue weighted by molar-refractivity contribution is 0.547. The Bertz CT molecular complexity index is 339. The van der Waals surface area contributed by atoms with Gasteiger partial charge in [-0.15, -0.1) is 0 Å². The van der Waals surface area contributed by atoms with Gasteiger partial charge in [0.25, 0.3) is 0 Å². The van der Waals surface area contributed by atoms with Crippen molar-refractivity contribution < 1.29 is 0 Å². The standard InChI is InChI=1S/C13H21IN2/c1-4-10(3)9-16(5-2)13-7-6-11(15)8-12(13)14/h6-8,10H,4-5,9,15H2,1-3H3. The van der Waals surface area contributed by atoms with E-state index in [2.05, 4.69) is 54.3 Å². The van der Waals surface area contributed by atoms with E-state index in [4.69, 9.17) is 5.73 Å². The number of benzene rings is 1. The van der Waals surface area contributed by atoms with Crippen molar-refractivity contribution in [1.82, 2.24) is 0 Å². The highest BCUT2D eigenvalue weighted by atomic mass is 127. The molecule has 1 rings (SSSR count). The van der Waals surface area contributed by atoms with Crippen LogP contribution in [0.5, 0.6) is 0 Å². The van der Waals surface area contributed by atoms with Gasteiger partial charge < -0.3 is 10.6 Å². The highest BCUT2D eigenvalue weighted by Gasteiger charge is 2.11. The van der Waals surface area contributed by atoms with Crippen LogP contribution in [-0.4, -0.2) is 13.1 Å². The van der Waals surface area contributed by atoms with Crippen LogP contribution in [0.15, 0.2) is 18.2 Å². The molecular weight excluding hydrogens is 311 g/mol. The Morgan fingerprint density at radius 2 is 2.06 bits per heavy atom. The zero-order chi connectivity index (χ0) is 12.1. The van der Waals surface area contributed by atoms with Crippen LogP contribution < -0.4 is 10.6 Å². The first kappa shape index (κ1) is 13.6. The zero-order valence-electron chi connectivity index (χ0n) is 10.3. The van der Waals surface area contributed by atoms with Gasteiger partial charge >= 0.3 is 0 Å². The maximum atomic E-state index is 5.77. The number of hydrogen-bond acceptors (Lipinski definition) is 2. The molecule has 0 saturated carbocycles. The van der Waals surface area contributed by atoms with Gasteiger partial charge in [0.2, 0.25) is 0 Å². The van der Waals surface area contributed by atoms with E-state index in [1.165, 1.54) is 15.7 Å². The van der Waals surface area contributed by atoms with E-state index in [0.29, 0.717) is 0 Å².